The van der Waals surface area contributed by atoms with Crippen molar-refractivity contribution >= 4 is 89.4 Å². The molecule has 0 N–H and O–H groups in total. The number of rotatable bonds is 7. The van der Waals surface area contributed by atoms with Crippen LogP contribution in [0.4, 0.5) is 17.1 Å². The molecular weight excluding hydrogens is 659 g/mol. The third-order valence-corrected chi connectivity index (χ3v) is 15.5. The maximum Gasteiger partial charge on any atom is 0.179 e. The quantitative estimate of drug-likeness (QED) is 0.122. The Hall–Kier alpha value is -6.68. The summed E-state index contributed by atoms with van der Waals surface area (Å²) < 4.78 is 6.75. The van der Waals surface area contributed by atoms with E-state index < -0.39 is 8.07 Å². The monoisotopic (exact) mass is 693 g/mol. The van der Waals surface area contributed by atoms with E-state index in [2.05, 4.69) is 217 Å². The Morgan fingerprint density at radius 3 is 1.55 bits per heavy atom. The van der Waals surface area contributed by atoms with Gasteiger partial charge in [-0.3, -0.25) is 0 Å². The lowest BCUT2D eigenvalue weighted by Gasteiger charge is -2.35. The zero-order valence-corrected chi connectivity index (χ0v) is 30.1. The normalized spacial score (nSPS) is 11.8. The van der Waals surface area contributed by atoms with E-state index in [1.807, 2.05) is 0 Å². The molecule has 0 saturated carbocycles. The van der Waals surface area contributed by atoms with E-state index in [1.165, 1.54) is 31.5 Å². The minimum absolute atomic E-state index is 0.885. The number of fused-ring (bicyclic) bond motifs is 6. The summed E-state index contributed by atoms with van der Waals surface area (Å²) in [5, 5.41) is 12.2. The summed E-state index contributed by atoms with van der Waals surface area (Å²) in [6, 6.07) is 77.5. The molecule has 3 heteroatoms. The molecule has 0 saturated heterocycles. The molecule has 0 bridgehead atoms. The average molecular weight is 694 g/mol. The number of furan rings is 1. The Kier molecular flexibility index (Phi) is 7.52. The van der Waals surface area contributed by atoms with E-state index in [-0.39, 0.29) is 0 Å². The molecule has 2 nitrogen and oxygen atoms in total. The Labute approximate surface area is 309 Å². The third-order valence-electron chi connectivity index (χ3n) is 10.8. The van der Waals surface area contributed by atoms with Crippen LogP contribution in [0.5, 0.6) is 0 Å². The van der Waals surface area contributed by atoms with Gasteiger partial charge in [-0.05, 0) is 61.9 Å². The molecule has 1 aromatic heterocycles. The first-order chi connectivity index (χ1) is 26.3. The largest absolute Gasteiger partial charge is 0.455 e. The van der Waals surface area contributed by atoms with Crippen molar-refractivity contribution in [2.45, 2.75) is 0 Å². The molecule has 0 unspecified atom stereocenters. The summed E-state index contributed by atoms with van der Waals surface area (Å²) in [5.41, 5.74) is 5.09. The minimum atomic E-state index is -2.81. The van der Waals surface area contributed by atoms with Gasteiger partial charge in [0.1, 0.15) is 11.2 Å². The second-order valence-corrected chi connectivity index (χ2v) is 17.5. The maximum atomic E-state index is 6.75. The number of hydrogen-bond acceptors (Lipinski definition) is 2. The van der Waals surface area contributed by atoms with Gasteiger partial charge in [0.05, 0.1) is 16.8 Å². The van der Waals surface area contributed by atoms with Crippen molar-refractivity contribution in [1.82, 2.24) is 0 Å². The fourth-order valence-corrected chi connectivity index (χ4v) is 13.3. The van der Waals surface area contributed by atoms with Crippen LogP contribution >= 0.6 is 0 Å². The Balaban J connectivity index is 1.33. The van der Waals surface area contributed by atoms with E-state index in [0.717, 1.165) is 49.8 Å². The van der Waals surface area contributed by atoms with Gasteiger partial charge in [-0.1, -0.05) is 182 Å². The highest BCUT2D eigenvalue weighted by atomic mass is 28.3. The lowest BCUT2D eigenvalue weighted by molar-refractivity contribution is 0.672. The van der Waals surface area contributed by atoms with Gasteiger partial charge in [0.25, 0.3) is 0 Å². The first-order valence-corrected chi connectivity index (χ1v) is 20.2. The van der Waals surface area contributed by atoms with Crippen LogP contribution in [-0.4, -0.2) is 8.07 Å². The lowest BCUT2D eigenvalue weighted by Crippen LogP contribution is -2.74. The number of nitrogens with zero attached hydrogens (tertiary/aromatic N) is 1. The predicted octanol–water partition coefficient (Wildman–Crippen LogP) is 10.7. The van der Waals surface area contributed by atoms with E-state index in [1.54, 1.807) is 0 Å². The molecule has 250 valence electrons. The summed E-state index contributed by atoms with van der Waals surface area (Å²) in [5.74, 6) is 0. The average Bonchev–Trinajstić information content (AvgIpc) is 3.63. The molecule has 10 aromatic rings. The van der Waals surface area contributed by atoms with Gasteiger partial charge in [-0.15, -0.1) is 0 Å². The van der Waals surface area contributed by atoms with Crippen molar-refractivity contribution in [3.8, 4) is 0 Å². The van der Waals surface area contributed by atoms with Crippen molar-refractivity contribution in [1.29, 1.82) is 0 Å². The smallest absolute Gasteiger partial charge is 0.179 e. The highest BCUT2D eigenvalue weighted by Gasteiger charge is 2.41. The van der Waals surface area contributed by atoms with Crippen molar-refractivity contribution in [2.24, 2.45) is 0 Å². The van der Waals surface area contributed by atoms with Crippen molar-refractivity contribution in [3.63, 3.8) is 0 Å². The summed E-state index contributed by atoms with van der Waals surface area (Å²) in [4.78, 5) is 2.47. The Morgan fingerprint density at radius 1 is 0.358 bits per heavy atom. The summed E-state index contributed by atoms with van der Waals surface area (Å²) in [7, 11) is -2.81. The van der Waals surface area contributed by atoms with Gasteiger partial charge in [0.2, 0.25) is 0 Å². The highest BCUT2D eigenvalue weighted by molar-refractivity contribution is 7.19. The number of para-hydroxylation sites is 1. The molecule has 0 aliphatic heterocycles. The lowest BCUT2D eigenvalue weighted by atomic mass is 10.0. The van der Waals surface area contributed by atoms with Crippen LogP contribution in [0.15, 0.2) is 217 Å². The minimum Gasteiger partial charge on any atom is -0.455 e. The van der Waals surface area contributed by atoms with Gasteiger partial charge in [-0.25, -0.2) is 0 Å². The van der Waals surface area contributed by atoms with E-state index in [0.29, 0.717) is 0 Å². The summed E-state index contributed by atoms with van der Waals surface area (Å²) in [6.07, 6.45) is 0. The molecular formula is C50H35NOSi. The first kappa shape index (κ1) is 31.1. The van der Waals surface area contributed by atoms with E-state index in [4.69, 9.17) is 4.42 Å². The van der Waals surface area contributed by atoms with Gasteiger partial charge < -0.3 is 9.32 Å². The second-order valence-electron chi connectivity index (χ2n) is 13.7. The van der Waals surface area contributed by atoms with Gasteiger partial charge in [-0.2, -0.15) is 0 Å². The number of benzene rings is 9. The van der Waals surface area contributed by atoms with Crippen LogP contribution in [0.2, 0.25) is 0 Å². The molecule has 1 heterocycles. The SMILES string of the molecule is c1ccc([Si](c2ccccc2)(c2ccccc2)c2cccc(N(c3cccc4ccccc34)c3cc4ccccc4c4oc5ccccc5c34)c2)cc1. The predicted molar refractivity (Wildman–Crippen MR) is 227 cm³/mol. The van der Waals surface area contributed by atoms with Crippen LogP contribution in [0.3, 0.4) is 0 Å². The third kappa shape index (κ3) is 5.01. The van der Waals surface area contributed by atoms with Gasteiger partial charge in [0.15, 0.2) is 8.07 Å². The van der Waals surface area contributed by atoms with Crippen molar-refractivity contribution in [3.05, 3.63) is 212 Å². The first-order valence-electron chi connectivity index (χ1n) is 18.2. The topological polar surface area (TPSA) is 16.4 Å². The summed E-state index contributed by atoms with van der Waals surface area (Å²) in [6.45, 7) is 0. The molecule has 0 amide bonds. The summed E-state index contributed by atoms with van der Waals surface area (Å²) >= 11 is 0. The molecule has 0 aliphatic rings. The standard InChI is InChI=1S/C50H35NOSi/c1-4-22-39(23-5-1)53(40-24-6-2-7-25-40,41-26-8-3-9-27-41)42-28-17-21-38(35-42)51(46-32-16-20-36-18-10-12-29-43(36)46)47-34-37-19-11-13-30-44(37)50-49(47)45-31-14-15-33-48(45)52-50/h1-35H. The Morgan fingerprint density at radius 2 is 0.868 bits per heavy atom. The molecule has 9 aromatic carbocycles. The number of hydrogen-bond donors (Lipinski definition) is 0. The van der Waals surface area contributed by atoms with Crippen LogP contribution in [0, 0.1) is 0 Å². The zero-order valence-electron chi connectivity index (χ0n) is 29.1. The van der Waals surface area contributed by atoms with Crippen molar-refractivity contribution < 1.29 is 4.42 Å². The van der Waals surface area contributed by atoms with Gasteiger partial charge in [0, 0.05) is 21.8 Å². The molecule has 0 aliphatic carbocycles. The van der Waals surface area contributed by atoms with Crippen LogP contribution in [-0.2, 0) is 0 Å². The molecule has 0 atom stereocenters. The molecule has 10 rings (SSSR count). The van der Waals surface area contributed by atoms with Crippen LogP contribution in [0.25, 0.3) is 43.5 Å². The Bertz CT molecular complexity index is 2800. The maximum absolute atomic E-state index is 6.75. The molecule has 53 heavy (non-hydrogen) atoms. The van der Waals surface area contributed by atoms with E-state index >= 15 is 0 Å². The number of anilines is 3. The van der Waals surface area contributed by atoms with Gasteiger partial charge >= 0.3 is 0 Å². The molecule has 0 fully saturated rings. The fraction of sp³-hybridized carbons (Fsp3) is 0. The zero-order chi connectivity index (χ0) is 35.2. The molecule has 0 spiro atoms. The van der Waals surface area contributed by atoms with Crippen LogP contribution in [0.1, 0.15) is 0 Å². The fourth-order valence-electron chi connectivity index (χ4n) is 8.47. The highest BCUT2D eigenvalue weighted by Crippen LogP contribution is 2.47. The van der Waals surface area contributed by atoms with Crippen molar-refractivity contribution in [2.75, 3.05) is 4.90 Å². The second kappa shape index (κ2) is 12.8. The molecule has 0 radical (unpaired) electrons. The van der Waals surface area contributed by atoms with Crippen LogP contribution < -0.4 is 25.6 Å². The van der Waals surface area contributed by atoms with E-state index in [9.17, 15) is 0 Å².